The lowest BCUT2D eigenvalue weighted by molar-refractivity contribution is 0.0849. The van der Waals surface area contributed by atoms with Crippen molar-refractivity contribution in [1.82, 2.24) is 4.90 Å². The zero-order chi connectivity index (χ0) is 19.2. The molecular weight excluding hydrogens is 352 g/mol. The molecule has 0 spiro atoms. The van der Waals surface area contributed by atoms with Gasteiger partial charge in [-0.05, 0) is 36.4 Å². The van der Waals surface area contributed by atoms with E-state index in [2.05, 4.69) is 5.32 Å². The van der Waals surface area contributed by atoms with Gasteiger partial charge >= 0.3 is 6.03 Å². The summed E-state index contributed by atoms with van der Waals surface area (Å²) in [5.74, 6) is 2.54. The normalized spacial score (nSPS) is 13.0. The summed E-state index contributed by atoms with van der Waals surface area (Å²) in [6, 6.07) is 11.8. The minimum Gasteiger partial charge on any atom is -0.497 e. The van der Waals surface area contributed by atoms with E-state index >= 15 is 0 Å². The minimum atomic E-state index is -0.845. The first kappa shape index (κ1) is 18.7. The van der Waals surface area contributed by atoms with E-state index in [9.17, 15) is 9.90 Å². The molecule has 1 atom stereocenters. The molecule has 27 heavy (non-hydrogen) atoms. The Morgan fingerprint density at radius 1 is 1.19 bits per heavy atom. The van der Waals surface area contributed by atoms with E-state index in [-0.39, 0.29) is 26.0 Å². The Balaban J connectivity index is 1.45. The number of nitrogens with zero attached hydrogens (tertiary/aromatic N) is 1. The third kappa shape index (κ3) is 4.95. The zero-order valence-corrected chi connectivity index (χ0v) is 15.2. The number of fused-ring (bicyclic) bond motifs is 1. The maximum absolute atomic E-state index is 12.2. The Bertz CT molecular complexity index is 780. The third-order valence-corrected chi connectivity index (χ3v) is 3.96. The van der Waals surface area contributed by atoms with Crippen molar-refractivity contribution in [1.29, 1.82) is 0 Å². The van der Waals surface area contributed by atoms with Gasteiger partial charge in [-0.2, -0.15) is 0 Å². The quantitative estimate of drug-likeness (QED) is 0.773. The SMILES string of the molecule is COc1ccc(NC(=O)N(C)C[C@@H](O)COc2ccc3c(c2)OCO3)cc1. The van der Waals surface area contributed by atoms with Crippen LogP contribution in [0.3, 0.4) is 0 Å². The van der Waals surface area contributed by atoms with E-state index in [0.717, 1.165) is 0 Å². The van der Waals surface area contributed by atoms with Gasteiger partial charge in [-0.1, -0.05) is 0 Å². The molecule has 0 bridgehead atoms. The van der Waals surface area contributed by atoms with Crippen molar-refractivity contribution >= 4 is 11.7 Å². The minimum absolute atomic E-state index is 0.0415. The number of hydrogen-bond donors (Lipinski definition) is 2. The number of carbonyl (C=O) groups excluding carboxylic acids is 1. The predicted molar refractivity (Wildman–Crippen MR) is 98.7 cm³/mol. The van der Waals surface area contributed by atoms with E-state index in [1.807, 2.05) is 0 Å². The van der Waals surface area contributed by atoms with Gasteiger partial charge in [0.05, 0.1) is 13.7 Å². The van der Waals surface area contributed by atoms with E-state index in [1.54, 1.807) is 56.6 Å². The number of carbonyl (C=O) groups is 1. The number of benzene rings is 2. The van der Waals surface area contributed by atoms with E-state index in [4.69, 9.17) is 18.9 Å². The van der Waals surface area contributed by atoms with Crippen molar-refractivity contribution < 1.29 is 28.8 Å². The Morgan fingerprint density at radius 2 is 1.89 bits per heavy atom. The van der Waals surface area contributed by atoms with Crippen molar-refractivity contribution in [2.75, 3.05) is 39.4 Å². The van der Waals surface area contributed by atoms with Crippen LogP contribution in [0.1, 0.15) is 0 Å². The van der Waals surface area contributed by atoms with Crippen LogP contribution in [-0.4, -0.2) is 56.2 Å². The molecule has 3 rings (SSSR count). The number of amides is 2. The second-order valence-corrected chi connectivity index (χ2v) is 6.02. The average Bonchev–Trinajstić information content (AvgIpc) is 3.14. The number of aliphatic hydroxyl groups excluding tert-OH is 1. The highest BCUT2D eigenvalue weighted by Gasteiger charge is 2.17. The molecule has 0 aliphatic carbocycles. The van der Waals surface area contributed by atoms with Crippen molar-refractivity contribution in [2.45, 2.75) is 6.10 Å². The molecule has 0 saturated carbocycles. The van der Waals surface area contributed by atoms with Gasteiger partial charge in [-0.25, -0.2) is 4.79 Å². The number of nitrogens with one attached hydrogen (secondary N) is 1. The van der Waals surface area contributed by atoms with Crippen LogP contribution in [-0.2, 0) is 0 Å². The first-order chi connectivity index (χ1) is 13.0. The molecule has 2 N–H and O–H groups in total. The van der Waals surface area contributed by atoms with Crippen LogP contribution in [0.4, 0.5) is 10.5 Å². The number of aliphatic hydroxyl groups is 1. The Labute approximate surface area is 157 Å². The molecule has 144 valence electrons. The highest BCUT2D eigenvalue weighted by atomic mass is 16.7. The molecule has 2 aromatic carbocycles. The number of likely N-dealkylation sites (N-methyl/N-ethyl adjacent to an activating group) is 1. The van der Waals surface area contributed by atoms with Gasteiger partial charge in [-0.15, -0.1) is 0 Å². The van der Waals surface area contributed by atoms with Crippen LogP contribution >= 0.6 is 0 Å². The molecular formula is C19H22N2O6. The summed E-state index contributed by atoms with van der Waals surface area (Å²) in [7, 11) is 3.18. The lowest BCUT2D eigenvalue weighted by atomic mass is 10.3. The van der Waals surface area contributed by atoms with Crippen LogP contribution in [0.15, 0.2) is 42.5 Å². The molecule has 1 aliphatic heterocycles. The van der Waals surface area contributed by atoms with Crippen LogP contribution in [0, 0.1) is 0 Å². The molecule has 0 fully saturated rings. The molecule has 2 aromatic rings. The smallest absolute Gasteiger partial charge is 0.321 e. The zero-order valence-electron chi connectivity index (χ0n) is 15.2. The van der Waals surface area contributed by atoms with Gasteiger partial charge in [-0.3, -0.25) is 0 Å². The number of hydrogen-bond acceptors (Lipinski definition) is 6. The molecule has 8 nitrogen and oxygen atoms in total. The summed E-state index contributed by atoms with van der Waals surface area (Å²) >= 11 is 0. The molecule has 1 heterocycles. The number of anilines is 1. The van der Waals surface area contributed by atoms with Crippen molar-refractivity contribution in [3.05, 3.63) is 42.5 Å². The fraction of sp³-hybridized carbons (Fsp3) is 0.316. The maximum Gasteiger partial charge on any atom is 0.321 e. The molecule has 0 aromatic heterocycles. The second-order valence-electron chi connectivity index (χ2n) is 6.02. The fourth-order valence-corrected chi connectivity index (χ4v) is 2.50. The third-order valence-electron chi connectivity index (χ3n) is 3.96. The van der Waals surface area contributed by atoms with Gasteiger partial charge in [0.25, 0.3) is 0 Å². The molecule has 1 aliphatic rings. The predicted octanol–water partition coefficient (Wildman–Crippen LogP) is 2.33. The highest BCUT2D eigenvalue weighted by Crippen LogP contribution is 2.35. The standard InChI is InChI=1S/C19H22N2O6/c1-21(19(23)20-13-3-5-15(24-2)6-4-13)10-14(22)11-25-16-7-8-17-18(9-16)27-12-26-17/h3-9,14,22H,10-12H2,1-2H3,(H,20,23)/t14-/m1/s1. The van der Waals surface area contributed by atoms with E-state index < -0.39 is 6.10 Å². The first-order valence-electron chi connectivity index (χ1n) is 8.42. The largest absolute Gasteiger partial charge is 0.497 e. The molecule has 8 heteroatoms. The second kappa shape index (κ2) is 8.50. The summed E-state index contributed by atoms with van der Waals surface area (Å²) < 4.78 is 21.2. The Hall–Kier alpha value is -3.13. The summed E-state index contributed by atoms with van der Waals surface area (Å²) in [6.45, 7) is 0.349. The summed E-state index contributed by atoms with van der Waals surface area (Å²) in [4.78, 5) is 13.6. The summed E-state index contributed by atoms with van der Waals surface area (Å²) in [6.07, 6.45) is -0.845. The van der Waals surface area contributed by atoms with Gasteiger partial charge < -0.3 is 34.3 Å². The molecule has 0 radical (unpaired) electrons. The molecule has 2 amide bonds. The lowest BCUT2D eigenvalue weighted by Crippen LogP contribution is -2.39. The summed E-state index contributed by atoms with van der Waals surface area (Å²) in [5.41, 5.74) is 0.638. The number of rotatable bonds is 7. The van der Waals surface area contributed by atoms with Gasteiger partial charge in [0.15, 0.2) is 11.5 Å². The fourth-order valence-electron chi connectivity index (χ4n) is 2.50. The molecule has 0 saturated heterocycles. The molecule has 0 unspecified atom stereocenters. The average molecular weight is 374 g/mol. The van der Waals surface area contributed by atoms with Crippen LogP contribution < -0.4 is 24.3 Å². The van der Waals surface area contributed by atoms with Crippen LogP contribution in [0.5, 0.6) is 23.0 Å². The monoisotopic (exact) mass is 374 g/mol. The van der Waals surface area contributed by atoms with Gasteiger partial charge in [0.1, 0.15) is 24.2 Å². The van der Waals surface area contributed by atoms with Crippen LogP contribution in [0.2, 0.25) is 0 Å². The van der Waals surface area contributed by atoms with Gasteiger partial charge in [0.2, 0.25) is 6.79 Å². The first-order valence-corrected chi connectivity index (χ1v) is 8.42. The Kier molecular flexibility index (Phi) is 5.87. The van der Waals surface area contributed by atoms with Gasteiger partial charge in [0, 0.05) is 18.8 Å². The Morgan fingerprint density at radius 3 is 2.63 bits per heavy atom. The number of methoxy groups -OCH3 is 1. The number of urea groups is 1. The van der Waals surface area contributed by atoms with Crippen LogP contribution in [0.25, 0.3) is 0 Å². The maximum atomic E-state index is 12.2. The van der Waals surface area contributed by atoms with E-state index in [1.165, 1.54) is 4.90 Å². The summed E-state index contributed by atoms with van der Waals surface area (Å²) in [5, 5.41) is 12.9. The number of ether oxygens (including phenoxy) is 4. The van der Waals surface area contributed by atoms with Crippen molar-refractivity contribution in [3.63, 3.8) is 0 Å². The topological polar surface area (TPSA) is 89.5 Å². The lowest BCUT2D eigenvalue weighted by Gasteiger charge is -2.21. The highest BCUT2D eigenvalue weighted by molar-refractivity contribution is 5.89. The van der Waals surface area contributed by atoms with Crippen molar-refractivity contribution in [3.8, 4) is 23.0 Å². The van der Waals surface area contributed by atoms with Crippen molar-refractivity contribution in [2.24, 2.45) is 0 Å². The van der Waals surface area contributed by atoms with E-state index in [0.29, 0.717) is 28.7 Å².